The van der Waals surface area contributed by atoms with E-state index in [1.807, 2.05) is 0 Å². The number of benzene rings is 2. The van der Waals surface area contributed by atoms with Crippen molar-refractivity contribution in [2.45, 2.75) is 38.1 Å². The van der Waals surface area contributed by atoms with Crippen molar-refractivity contribution in [3.8, 4) is 11.5 Å². The molecule has 0 heterocycles. The highest BCUT2D eigenvalue weighted by molar-refractivity contribution is 5.63. The fraction of sp³-hybridized carbons (Fsp3) is 0.333. The maximum atomic E-state index is 12.5. The normalized spacial score (nSPS) is 15.3. The molecule has 0 saturated heterocycles. The van der Waals surface area contributed by atoms with Gasteiger partial charge >= 0.3 is 6.18 Å². The average Bonchev–Trinajstić information content (AvgIpc) is 3.52. The molecule has 0 aliphatic heterocycles. The van der Waals surface area contributed by atoms with E-state index in [0.717, 1.165) is 31.3 Å². The van der Waals surface area contributed by atoms with E-state index in [1.54, 1.807) is 12.1 Å². The highest BCUT2D eigenvalue weighted by atomic mass is 19.4. The zero-order valence-electron chi connectivity index (χ0n) is 15.4. The molecule has 3 rings (SSSR count). The molecule has 1 aliphatic rings. The van der Waals surface area contributed by atoms with Crippen LogP contribution in [0.5, 0.6) is 11.5 Å². The summed E-state index contributed by atoms with van der Waals surface area (Å²) in [5, 5.41) is 13.8. The topological polar surface area (TPSA) is 68.1 Å². The Morgan fingerprint density at radius 1 is 1.17 bits per heavy atom. The zero-order chi connectivity index (χ0) is 20.9. The summed E-state index contributed by atoms with van der Waals surface area (Å²) in [7, 11) is 0. The quantitative estimate of drug-likeness (QED) is 0.377. The van der Waals surface area contributed by atoms with Gasteiger partial charge in [0, 0.05) is 24.6 Å². The van der Waals surface area contributed by atoms with Gasteiger partial charge in [-0.2, -0.15) is 13.2 Å². The van der Waals surface area contributed by atoms with Gasteiger partial charge < -0.3 is 14.7 Å². The molecule has 1 unspecified atom stereocenters. The first-order valence-electron chi connectivity index (χ1n) is 9.10. The number of aldehydes is 1. The number of rotatable bonds is 9. The summed E-state index contributed by atoms with van der Waals surface area (Å²) in [5.74, 6) is 0.686. The Morgan fingerprint density at radius 2 is 1.90 bits per heavy atom. The number of phenols is 1. The fourth-order valence-corrected chi connectivity index (χ4v) is 2.70. The van der Waals surface area contributed by atoms with Crippen LogP contribution < -0.4 is 4.74 Å². The SMILES string of the molecule is O=CC(Oc1ccc(CC=NOCc2ccc(C(F)(F)F)cc2)c(O)c1)C1CC1. The van der Waals surface area contributed by atoms with Crippen LogP contribution in [0.2, 0.25) is 0 Å². The maximum absolute atomic E-state index is 12.5. The van der Waals surface area contributed by atoms with Gasteiger partial charge in [0.05, 0.1) is 5.56 Å². The number of alkyl halides is 3. The van der Waals surface area contributed by atoms with Crippen molar-refractivity contribution in [2.75, 3.05) is 0 Å². The second-order valence-corrected chi connectivity index (χ2v) is 6.81. The number of carbonyl (C=O) groups excluding carboxylic acids is 1. The lowest BCUT2D eigenvalue weighted by Gasteiger charge is -2.13. The van der Waals surface area contributed by atoms with Crippen LogP contribution in [0.4, 0.5) is 13.2 Å². The van der Waals surface area contributed by atoms with Gasteiger partial charge in [-0.25, -0.2) is 0 Å². The van der Waals surface area contributed by atoms with E-state index in [0.29, 0.717) is 23.3 Å². The zero-order valence-corrected chi connectivity index (χ0v) is 15.4. The standard InChI is InChI=1S/C21H20F3NO4/c22-21(23,24)17-6-1-14(2-7-17)13-28-25-10-9-15-5-8-18(11-19(15)27)29-20(12-26)16-3-4-16/h1-2,5-8,10-12,16,20,27H,3-4,9,13H2. The third kappa shape index (κ3) is 5.97. The van der Waals surface area contributed by atoms with Gasteiger partial charge in [0.1, 0.15) is 18.1 Å². The van der Waals surface area contributed by atoms with Gasteiger partial charge in [0.25, 0.3) is 0 Å². The van der Waals surface area contributed by atoms with Crippen molar-refractivity contribution in [3.63, 3.8) is 0 Å². The van der Waals surface area contributed by atoms with E-state index in [9.17, 15) is 23.1 Å². The molecule has 2 aromatic rings. The Kier molecular flexibility index (Phi) is 6.41. The Balaban J connectivity index is 1.46. The van der Waals surface area contributed by atoms with E-state index in [1.165, 1.54) is 24.4 Å². The second kappa shape index (κ2) is 8.98. The van der Waals surface area contributed by atoms with E-state index in [4.69, 9.17) is 9.57 Å². The Bertz CT molecular complexity index is 861. The van der Waals surface area contributed by atoms with Gasteiger partial charge in [-0.15, -0.1) is 0 Å². The summed E-state index contributed by atoms with van der Waals surface area (Å²) in [4.78, 5) is 16.1. The van der Waals surface area contributed by atoms with E-state index in [2.05, 4.69) is 5.16 Å². The molecule has 1 aliphatic carbocycles. The van der Waals surface area contributed by atoms with Crippen LogP contribution in [0.1, 0.15) is 29.5 Å². The first-order chi connectivity index (χ1) is 13.9. The van der Waals surface area contributed by atoms with Gasteiger partial charge in [0.2, 0.25) is 0 Å². The molecule has 154 valence electrons. The summed E-state index contributed by atoms with van der Waals surface area (Å²) in [6, 6.07) is 9.43. The Morgan fingerprint density at radius 3 is 2.48 bits per heavy atom. The predicted molar refractivity (Wildman–Crippen MR) is 99.7 cm³/mol. The van der Waals surface area contributed by atoms with Crippen LogP contribution >= 0.6 is 0 Å². The van der Waals surface area contributed by atoms with Gasteiger partial charge in [-0.05, 0) is 42.2 Å². The lowest BCUT2D eigenvalue weighted by atomic mass is 10.1. The summed E-state index contributed by atoms with van der Waals surface area (Å²) in [6.07, 6.45) is -0.403. The molecule has 1 atom stereocenters. The lowest BCUT2D eigenvalue weighted by molar-refractivity contribution is -0.137. The molecular weight excluding hydrogens is 387 g/mol. The van der Waals surface area contributed by atoms with E-state index < -0.39 is 17.8 Å². The van der Waals surface area contributed by atoms with Crippen LogP contribution in [0.15, 0.2) is 47.6 Å². The second-order valence-electron chi connectivity index (χ2n) is 6.81. The molecule has 1 N–H and O–H groups in total. The molecule has 29 heavy (non-hydrogen) atoms. The lowest BCUT2D eigenvalue weighted by Crippen LogP contribution is -2.20. The average molecular weight is 407 g/mol. The van der Waals surface area contributed by atoms with Crippen LogP contribution in [-0.2, 0) is 28.8 Å². The van der Waals surface area contributed by atoms with Gasteiger partial charge in [-0.3, -0.25) is 4.79 Å². The van der Waals surface area contributed by atoms with Crippen LogP contribution in [0.25, 0.3) is 0 Å². The molecule has 0 radical (unpaired) electrons. The molecule has 2 aromatic carbocycles. The predicted octanol–water partition coefficient (Wildman–Crippen LogP) is 4.51. The summed E-state index contributed by atoms with van der Waals surface area (Å²) >= 11 is 0. The Hall–Kier alpha value is -3.03. The van der Waals surface area contributed by atoms with Crippen molar-refractivity contribution < 1.29 is 32.6 Å². The summed E-state index contributed by atoms with van der Waals surface area (Å²) in [6.45, 7) is 0.0294. The monoisotopic (exact) mass is 407 g/mol. The van der Waals surface area contributed by atoms with Crippen LogP contribution in [0.3, 0.4) is 0 Å². The largest absolute Gasteiger partial charge is 0.508 e. The fourth-order valence-electron chi connectivity index (χ4n) is 2.70. The first kappa shape index (κ1) is 20.7. The minimum absolute atomic E-state index is 0.0112. The van der Waals surface area contributed by atoms with Crippen molar-refractivity contribution in [1.82, 2.24) is 0 Å². The number of carbonyl (C=O) groups is 1. The third-order valence-electron chi connectivity index (χ3n) is 4.52. The number of aromatic hydroxyl groups is 1. The van der Waals surface area contributed by atoms with Crippen LogP contribution in [-0.4, -0.2) is 23.7 Å². The number of halogens is 3. The van der Waals surface area contributed by atoms with E-state index >= 15 is 0 Å². The van der Waals surface area contributed by atoms with Crippen molar-refractivity contribution in [2.24, 2.45) is 11.1 Å². The Labute approximate surface area is 165 Å². The minimum Gasteiger partial charge on any atom is -0.508 e. The number of hydrogen-bond acceptors (Lipinski definition) is 5. The number of phenolic OH excluding ortho intramolecular Hbond substituents is 1. The highest BCUT2D eigenvalue weighted by Gasteiger charge is 2.32. The van der Waals surface area contributed by atoms with Crippen molar-refractivity contribution in [3.05, 3.63) is 59.2 Å². The molecule has 0 bridgehead atoms. The highest BCUT2D eigenvalue weighted by Crippen LogP contribution is 2.35. The molecular formula is C21H20F3NO4. The van der Waals surface area contributed by atoms with Crippen molar-refractivity contribution in [1.29, 1.82) is 0 Å². The minimum atomic E-state index is -4.37. The molecule has 0 amide bonds. The van der Waals surface area contributed by atoms with Gasteiger partial charge in [0.15, 0.2) is 12.4 Å². The molecule has 8 heteroatoms. The van der Waals surface area contributed by atoms with E-state index in [-0.39, 0.29) is 18.3 Å². The first-order valence-corrected chi connectivity index (χ1v) is 9.10. The molecule has 1 fully saturated rings. The summed E-state index contributed by atoms with van der Waals surface area (Å²) in [5.41, 5.74) is 0.428. The molecule has 0 aromatic heterocycles. The van der Waals surface area contributed by atoms with Crippen LogP contribution in [0, 0.1) is 5.92 Å². The maximum Gasteiger partial charge on any atom is 0.416 e. The van der Waals surface area contributed by atoms with Gasteiger partial charge in [-0.1, -0.05) is 23.4 Å². The van der Waals surface area contributed by atoms with Crippen molar-refractivity contribution >= 4 is 12.5 Å². The smallest absolute Gasteiger partial charge is 0.416 e. The molecule has 0 spiro atoms. The number of oxime groups is 1. The number of nitrogens with zero attached hydrogens (tertiary/aromatic N) is 1. The third-order valence-corrected chi connectivity index (χ3v) is 4.52. The number of hydrogen-bond donors (Lipinski definition) is 1. The number of ether oxygens (including phenoxy) is 1. The summed E-state index contributed by atoms with van der Waals surface area (Å²) < 4.78 is 43.1. The molecule has 1 saturated carbocycles. The molecule has 5 nitrogen and oxygen atoms in total.